The lowest BCUT2D eigenvalue weighted by atomic mass is 10.1. The van der Waals surface area contributed by atoms with Gasteiger partial charge in [-0.2, -0.15) is 0 Å². The standard InChI is InChI=1S/C18H23N3O2/c1-20-9-5-8-17(20)18(23)19-16-12-21(11-15(16)13-22)10-14-6-3-2-4-7-14/h2-9,15-16,22H,10-13H2,1H3,(H,19,23)/t15-,16+/m0/s1. The minimum Gasteiger partial charge on any atom is -0.396 e. The highest BCUT2D eigenvalue weighted by molar-refractivity contribution is 5.92. The largest absolute Gasteiger partial charge is 0.396 e. The van der Waals surface area contributed by atoms with Crippen LogP contribution in [0.25, 0.3) is 0 Å². The topological polar surface area (TPSA) is 57.5 Å². The van der Waals surface area contributed by atoms with Crippen molar-refractivity contribution in [2.45, 2.75) is 12.6 Å². The van der Waals surface area contributed by atoms with Gasteiger partial charge in [0.1, 0.15) is 5.69 Å². The van der Waals surface area contributed by atoms with Crippen LogP contribution < -0.4 is 5.32 Å². The number of hydrogen-bond donors (Lipinski definition) is 2. The molecule has 1 aliphatic heterocycles. The van der Waals surface area contributed by atoms with Crippen LogP contribution in [0.4, 0.5) is 0 Å². The molecule has 0 radical (unpaired) electrons. The van der Waals surface area contributed by atoms with Crippen molar-refractivity contribution in [2.24, 2.45) is 13.0 Å². The van der Waals surface area contributed by atoms with Gasteiger partial charge in [-0.3, -0.25) is 9.69 Å². The highest BCUT2D eigenvalue weighted by Crippen LogP contribution is 2.19. The molecule has 1 amide bonds. The number of carbonyl (C=O) groups is 1. The normalized spacial score (nSPS) is 21.5. The van der Waals surface area contributed by atoms with Gasteiger partial charge in [0, 0.05) is 51.4 Å². The second-order valence-electron chi connectivity index (χ2n) is 6.21. The number of rotatable bonds is 5. The summed E-state index contributed by atoms with van der Waals surface area (Å²) in [6, 6.07) is 13.9. The van der Waals surface area contributed by atoms with E-state index in [-0.39, 0.29) is 24.5 Å². The third-order valence-electron chi connectivity index (χ3n) is 4.49. The maximum Gasteiger partial charge on any atom is 0.268 e. The number of aliphatic hydroxyl groups excluding tert-OH is 1. The van der Waals surface area contributed by atoms with Crippen LogP contribution in [0, 0.1) is 5.92 Å². The van der Waals surface area contributed by atoms with Gasteiger partial charge in [0.2, 0.25) is 0 Å². The van der Waals surface area contributed by atoms with Crippen LogP contribution in [-0.4, -0.2) is 46.2 Å². The van der Waals surface area contributed by atoms with Crippen LogP contribution in [0.5, 0.6) is 0 Å². The molecule has 2 heterocycles. The summed E-state index contributed by atoms with van der Waals surface area (Å²) in [6.45, 7) is 2.48. The number of nitrogens with zero attached hydrogens (tertiary/aromatic N) is 2. The monoisotopic (exact) mass is 313 g/mol. The summed E-state index contributed by atoms with van der Waals surface area (Å²) in [7, 11) is 1.86. The van der Waals surface area contributed by atoms with Crippen molar-refractivity contribution >= 4 is 5.91 Å². The van der Waals surface area contributed by atoms with Crippen molar-refractivity contribution in [2.75, 3.05) is 19.7 Å². The summed E-state index contributed by atoms with van der Waals surface area (Å²) >= 11 is 0. The van der Waals surface area contributed by atoms with Crippen LogP contribution in [0.1, 0.15) is 16.1 Å². The number of benzene rings is 1. The van der Waals surface area contributed by atoms with Gasteiger partial charge in [-0.1, -0.05) is 30.3 Å². The number of aryl methyl sites for hydroxylation is 1. The third-order valence-corrected chi connectivity index (χ3v) is 4.49. The predicted octanol–water partition coefficient (Wildman–Crippen LogP) is 1.25. The van der Waals surface area contributed by atoms with Crippen LogP contribution >= 0.6 is 0 Å². The molecule has 2 aromatic rings. The first-order chi connectivity index (χ1) is 11.2. The molecule has 1 fully saturated rings. The van der Waals surface area contributed by atoms with Crippen molar-refractivity contribution in [3.8, 4) is 0 Å². The summed E-state index contributed by atoms with van der Waals surface area (Å²) < 4.78 is 1.81. The molecule has 0 unspecified atom stereocenters. The van der Waals surface area contributed by atoms with E-state index >= 15 is 0 Å². The number of hydrogen-bond acceptors (Lipinski definition) is 3. The van der Waals surface area contributed by atoms with E-state index in [4.69, 9.17) is 0 Å². The summed E-state index contributed by atoms with van der Waals surface area (Å²) in [5.41, 5.74) is 1.89. The molecule has 0 bridgehead atoms. The maximum absolute atomic E-state index is 12.4. The lowest BCUT2D eigenvalue weighted by molar-refractivity contribution is 0.0913. The van der Waals surface area contributed by atoms with Gasteiger partial charge >= 0.3 is 0 Å². The van der Waals surface area contributed by atoms with Gasteiger partial charge in [-0.05, 0) is 17.7 Å². The molecule has 0 saturated carbocycles. The average molecular weight is 313 g/mol. The molecule has 0 spiro atoms. The van der Waals surface area contributed by atoms with E-state index in [9.17, 15) is 9.90 Å². The molecule has 3 rings (SSSR count). The van der Waals surface area contributed by atoms with Crippen LogP contribution in [0.15, 0.2) is 48.7 Å². The van der Waals surface area contributed by atoms with Gasteiger partial charge in [0.05, 0.1) is 0 Å². The lowest BCUT2D eigenvalue weighted by Crippen LogP contribution is -2.42. The third kappa shape index (κ3) is 3.63. The van der Waals surface area contributed by atoms with E-state index in [1.807, 2.05) is 37.5 Å². The molecule has 1 aromatic carbocycles. The van der Waals surface area contributed by atoms with Crippen molar-refractivity contribution in [3.05, 3.63) is 59.9 Å². The van der Waals surface area contributed by atoms with Crippen LogP contribution in [0.3, 0.4) is 0 Å². The number of aliphatic hydroxyl groups is 1. The quantitative estimate of drug-likeness (QED) is 0.873. The Balaban J connectivity index is 1.63. The predicted molar refractivity (Wildman–Crippen MR) is 89.0 cm³/mol. The molecule has 5 heteroatoms. The molecule has 1 aliphatic rings. The van der Waals surface area contributed by atoms with Crippen molar-refractivity contribution in [3.63, 3.8) is 0 Å². The Labute approximate surface area is 136 Å². The fourth-order valence-corrected chi connectivity index (χ4v) is 3.22. The molecule has 23 heavy (non-hydrogen) atoms. The zero-order chi connectivity index (χ0) is 16.2. The smallest absolute Gasteiger partial charge is 0.268 e. The number of aromatic nitrogens is 1. The Morgan fingerprint density at radius 1 is 1.22 bits per heavy atom. The number of carbonyl (C=O) groups excluding carboxylic acids is 1. The average Bonchev–Trinajstić information content (AvgIpc) is 3.14. The van der Waals surface area contributed by atoms with Gasteiger partial charge in [0.25, 0.3) is 5.91 Å². The summed E-state index contributed by atoms with van der Waals surface area (Å²) in [6.07, 6.45) is 1.86. The summed E-state index contributed by atoms with van der Waals surface area (Å²) in [5.74, 6) is -0.00885. The van der Waals surface area contributed by atoms with Crippen molar-refractivity contribution in [1.29, 1.82) is 0 Å². The zero-order valence-corrected chi connectivity index (χ0v) is 13.4. The van der Waals surface area contributed by atoms with E-state index in [0.29, 0.717) is 5.69 Å². The first kappa shape index (κ1) is 15.8. The SMILES string of the molecule is Cn1cccc1C(=O)N[C@@H]1CN(Cc2ccccc2)C[C@H]1CO. The lowest BCUT2D eigenvalue weighted by Gasteiger charge is -2.18. The number of likely N-dealkylation sites (tertiary alicyclic amines) is 1. The Morgan fingerprint density at radius 3 is 2.65 bits per heavy atom. The molecule has 1 aromatic heterocycles. The fourth-order valence-electron chi connectivity index (χ4n) is 3.22. The minimum atomic E-state index is -0.0810. The highest BCUT2D eigenvalue weighted by atomic mass is 16.3. The zero-order valence-electron chi connectivity index (χ0n) is 13.4. The second-order valence-corrected chi connectivity index (χ2v) is 6.21. The van der Waals surface area contributed by atoms with Gasteiger partial charge in [-0.25, -0.2) is 0 Å². The maximum atomic E-state index is 12.4. The van der Waals surface area contributed by atoms with Crippen LogP contribution in [0.2, 0.25) is 0 Å². The Morgan fingerprint density at radius 2 is 2.00 bits per heavy atom. The van der Waals surface area contributed by atoms with E-state index in [1.165, 1.54) is 5.56 Å². The number of amides is 1. The molecule has 2 atom stereocenters. The van der Waals surface area contributed by atoms with Crippen molar-refractivity contribution < 1.29 is 9.90 Å². The van der Waals surface area contributed by atoms with Crippen LogP contribution in [-0.2, 0) is 13.6 Å². The molecule has 5 nitrogen and oxygen atoms in total. The van der Waals surface area contributed by atoms with Gasteiger partial charge < -0.3 is 15.0 Å². The molecular formula is C18H23N3O2. The molecule has 122 valence electrons. The Hall–Kier alpha value is -2.11. The molecule has 0 aliphatic carbocycles. The summed E-state index contributed by atoms with van der Waals surface area (Å²) in [4.78, 5) is 14.7. The van der Waals surface area contributed by atoms with Crippen molar-refractivity contribution in [1.82, 2.24) is 14.8 Å². The summed E-state index contributed by atoms with van der Waals surface area (Å²) in [5, 5.41) is 12.7. The highest BCUT2D eigenvalue weighted by Gasteiger charge is 2.33. The first-order valence-corrected chi connectivity index (χ1v) is 7.96. The van der Waals surface area contributed by atoms with E-state index in [2.05, 4.69) is 22.3 Å². The fraction of sp³-hybridized carbons (Fsp3) is 0.389. The second kappa shape index (κ2) is 6.98. The minimum absolute atomic E-state index is 0.0221. The van der Waals surface area contributed by atoms with E-state index in [1.54, 1.807) is 10.6 Å². The van der Waals surface area contributed by atoms with Gasteiger partial charge in [0.15, 0.2) is 0 Å². The Kier molecular flexibility index (Phi) is 4.79. The van der Waals surface area contributed by atoms with E-state index < -0.39 is 0 Å². The Bertz CT molecular complexity index is 653. The van der Waals surface area contributed by atoms with E-state index in [0.717, 1.165) is 19.6 Å². The number of nitrogens with one attached hydrogen (secondary N) is 1. The van der Waals surface area contributed by atoms with Gasteiger partial charge in [-0.15, -0.1) is 0 Å². The first-order valence-electron chi connectivity index (χ1n) is 7.96. The molecule has 1 saturated heterocycles. The molecular weight excluding hydrogens is 290 g/mol. The molecule has 2 N–H and O–H groups in total.